The number of hydrogen-bond acceptors (Lipinski definition) is 7. The van der Waals surface area contributed by atoms with Crippen LogP contribution in [-0.4, -0.2) is 56.2 Å². The molecule has 1 aliphatic heterocycles. The Morgan fingerprint density at radius 3 is 3.00 bits per heavy atom. The summed E-state index contributed by atoms with van der Waals surface area (Å²) in [5, 5.41) is 15.9. The Balaban J connectivity index is 1.68. The standard InChI is InChI=1S/C16H20N8O/c1-12-10-23(7-8-24(12)15(25)3-5-17)14-4-6-18-16(21-14)20-13-9-19-22(2)11-13/h4,6,9,11-12H,3,7-8,10H2,1-2H3,(H,18,20,21)/t12-/m1/s1. The first-order valence-electron chi connectivity index (χ1n) is 8.07. The van der Waals surface area contributed by atoms with E-state index in [9.17, 15) is 4.79 Å². The van der Waals surface area contributed by atoms with Crippen LogP contribution in [0.5, 0.6) is 0 Å². The molecule has 2 aromatic heterocycles. The molecule has 0 aliphatic carbocycles. The predicted molar refractivity (Wildman–Crippen MR) is 92.1 cm³/mol. The van der Waals surface area contributed by atoms with Gasteiger partial charge in [0.05, 0.1) is 18.0 Å². The highest BCUT2D eigenvalue weighted by Gasteiger charge is 2.27. The number of aromatic nitrogens is 4. The molecule has 0 unspecified atom stereocenters. The molecular formula is C16H20N8O. The van der Waals surface area contributed by atoms with Crippen molar-refractivity contribution in [3.8, 4) is 6.07 Å². The van der Waals surface area contributed by atoms with E-state index in [0.717, 1.165) is 11.5 Å². The van der Waals surface area contributed by atoms with Gasteiger partial charge in [-0.15, -0.1) is 0 Å². The molecule has 3 rings (SSSR count). The summed E-state index contributed by atoms with van der Waals surface area (Å²) >= 11 is 0. The summed E-state index contributed by atoms with van der Waals surface area (Å²) in [7, 11) is 1.84. The summed E-state index contributed by atoms with van der Waals surface area (Å²) in [6, 6.07) is 3.80. The number of aryl methyl sites for hydroxylation is 1. The van der Waals surface area contributed by atoms with Crippen LogP contribution < -0.4 is 10.2 Å². The van der Waals surface area contributed by atoms with Crippen molar-refractivity contribution in [3.63, 3.8) is 0 Å². The molecule has 1 atom stereocenters. The molecule has 0 bridgehead atoms. The average Bonchev–Trinajstić information content (AvgIpc) is 3.00. The first-order chi connectivity index (χ1) is 12.1. The molecule has 9 nitrogen and oxygen atoms in total. The van der Waals surface area contributed by atoms with E-state index in [4.69, 9.17) is 5.26 Å². The smallest absolute Gasteiger partial charge is 0.237 e. The molecule has 1 aliphatic rings. The third-order valence-corrected chi connectivity index (χ3v) is 4.10. The largest absolute Gasteiger partial charge is 0.353 e. The second kappa shape index (κ2) is 7.17. The minimum atomic E-state index is -0.115. The van der Waals surface area contributed by atoms with E-state index in [2.05, 4.69) is 25.3 Å². The molecule has 1 saturated heterocycles. The summed E-state index contributed by atoms with van der Waals surface area (Å²) in [6.07, 6.45) is 5.19. The van der Waals surface area contributed by atoms with Crippen molar-refractivity contribution in [2.75, 3.05) is 29.9 Å². The van der Waals surface area contributed by atoms with Crippen molar-refractivity contribution in [2.24, 2.45) is 7.05 Å². The van der Waals surface area contributed by atoms with Crippen LogP contribution in [0.4, 0.5) is 17.5 Å². The molecule has 1 N–H and O–H groups in total. The number of nitrogens with zero attached hydrogens (tertiary/aromatic N) is 7. The summed E-state index contributed by atoms with van der Waals surface area (Å²) in [4.78, 5) is 24.6. The van der Waals surface area contributed by atoms with Crippen molar-refractivity contribution in [1.29, 1.82) is 5.26 Å². The highest BCUT2D eigenvalue weighted by molar-refractivity contribution is 5.78. The molecular weight excluding hydrogens is 320 g/mol. The zero-order valence-corrected chi connectivity index (χ0v) is 14.3. The van der Waals surface area contributed by atoms with Crippen LogP contribution in [0.15, 0.2) is 24.7 Å². The van der Waals surface area contributed by atoms with Gasteiger partial charge < -0.3 is 15.1 Å². The van der Waals surface area contributed by atoms with Gasteiger partial charge in [-0.3, -0.25) is 9.48 Å². The van der Waals surface area contributed by atoms with Crippen molar-refractivity contribution < 1.29 is 4.79 Å². The number of anilines is 3. The predicted octanol–water partition coefficient (Wildman–Crippen LogP) is 0.904. The Kier molecular flexibility index (Phi) is 4.79. The number of carbonyl (C=O) groups excluding carboxylic acids is 1. The Bertz CT molecular complexity index is 795. The number of nitrogens with one attached hydrogen (secondary N) is 1. The van der Waals surface area contributed by atoms with Gasteiger partial charge >= 0.3 is 0 Å². The van der Waals surface area contributed by atoms with Crippen LogP contribution >= 0.6 is 0 Å². The van der Waals surface area contributed by atoms with Crippen molar-refractivity contribution in [2.45, 2.75) is 19.4 Å². The van der Waals surface area contributed by atoms with Gasteiger partial charge in [0.1, 0.15) is 12.2 Å². The van der Waals surface area contributed by atoms with Crippen LogP contribution in [0.25, 0.3) is 0 Å². The van der Waals surface area contributed by atoms with Crippen LogP contribution in [0.1, 0.15) is 13.3 Å². The van der Waals surface area contributed by atoms with Crippen LogP contribution in [0.2, 0.25) is 0 Å². The van der Waals surface area contributed by atoms with E-state index in [-0.39, 0.29) is 18.4 Å². The summed E-state index contributed by atoms with van der Waals surface area (Å²) in [5.74, 6) is 1.19. The number of piperazine rings is 1. The Morgan fingerprint density at radius 1 is 1.48 bits per heavy atom. The van der Waals surface area contributed by atoms with Gasteiger partial charge in [-0.25, -0.2) is 4.98 Å². The average molecular weight is 340 g/mol. The topological polar surface area (TPSA) is 103 Å². The van der Waals surface area contributed by atoms with E-state index in [1.165, 1.54) is 0 Å². The monoisotopic (exact) mass is 340 g/mol. The van der Waals surface area contributed by atoms with Crippen LogP contribution in [0.3, 0.4) is 0 Å². The first-order valence-corrected chi connectivity index (χ1v) is 8.07. The minimum absolute atomic E-state index is 0.0271. The molecule has 0 spiro atoms. The lowest BCUT2D eigenvalue weighted by Crippen LogP contribution is -2.54. The highest BCUT2D eigenvalue weighted by Crippen LogP contribution is 2.19. The van der Waals surface area contributed by atoms with E-state index in [0.29, 0.717) is 25.6 Å². The Labute approximate surface area is 145 Å². The van der Waals surface area contributed by atoms with Gasteiger partial charge in [0, 0.05) is 45.1 Å². The second-order valence-electron chi connectivity index (χ2n) is 5.98. The maximum absolute atomic E-state index is 12.0. The molecule has 1 amide bonds. The summed E-state index contributed by atoms with van der Waals surface area (Å²) in [6.45, 7) is 3.90. The number of rotatable bonds is 4. The molecule has 0 radical (unpaired) electrons. The zero-order valence-electron chi connectivity index (χ0n) is 14.3. The van der Waals surface area contributed by atoms with Gasteiger partial charge in [0.15, 0.2) is 0 Å². The third kappa shape index (κ3) is 3.85. The van der Waals surface area contributed by atoms with Gasteiger partial charge in [-0.05, 0) is 13.0 Å². The quantitative estimate of drug-likeness (QED) is 0.882. The lowest BCUT2D eigenvalue weighted by Gasteiger charge is -2.40. The van der Waals surface area contributed by atoms with Gasteiger partial charge in [-0.2, -0.15) is 15.3 Å². The van der Waals surface area contributed by atoms with Crippen molar-refractivity contribution in [3.05, 3.63) is 24.7 Å². The fourth-order valence-corrected chi connectivity index (χ4v) is 2.91. The maximum Gasteiger partial charge on any atom is 0.237 e. The number of hydrogen-bond donors (Lipinski definition) is 1. The summed E-state index contributed by atoms with van der Waals surface area (Å²) in [5.41, 5.74) is 0.819. The molecule has 9 heteroatoms. The minimum Gasteiger partial charge on any atom is -0.353 e. The van der Waals surface area contributed by atoms with E-state index in [1.54, 1.807) is 22.0 Å². The van der Waals surface area contributed by atoms with Crippen molar-refractivity contribution in [1.82, 2.24) is 24.6 Å². The fourth-order valence-electron chi connectivity index (χ4n) is 2.91. The molecule has 25 heavy (non-hydrogen) atoms. The Hall–Kier alpha value is -3.15. The molecule has 2 aromatic rings. The zero-order chi connectivity index (χ0) is 17.8. The Morgan fingerprint density at radius 2 is 2.32 bits per heavy atom. The molecule has 0 aromatic carbocycles. The second-order valence-corrected chi connectivity index (χ2v) is 5.98. The van der Waals surface area contributed by atoms with Gasteiger partial charge in [0.2, 0.25) is 11.9 Å². The number of carbonyl (C=O) groups is 1. The molecule has 0 saturated carbocycles. The molecule has 1 fully saturated rings. The molecule has 130 valence electrons. The third-order valence-electron chi connectivity index (χ3n) is 4.10. The van der Waals surface area contributed by atoms with Crippen LogP contribution in [0, 0.1) is 11.3 Å². The van der Waals surface area contributed by atoms with Crippen molar-refractivity contribution >= 4 is 23.4 Å². The van der Waals surface area contributed by atoms with Crippen LogP contribution in [-0.2, 0) is 11.8 Å². The first kappa shape index (κ1) is 16.7. The molecule has 3 heterocycles. The number of nitriles is 1. The normalized spacial score (nSPS) is 17.2. The lowest BCUT2D eigenvalue weighted by molar-refractivity contribution is -0.132. The fraction of sp³-hybridized carbons (Fsp3) is 0.438. The van der Waals surface area contributed by atoms with E-state index >= 15 is 0 Å². The number of amides is 1. The SMILES string of the molecule is C[C@@H]1CN(c2ccnc(Nc3cnn(C)c3)n2)CCN1C(=O)CC#N. The summed E-state index contributed by atoms with van der Waals surface area (Å²) < 4.78 is 1.70. The van der Waals surface area contributed by atoms with E-state index < -0.39 is 0 Å². The lowest BCUT2D eigenvalue weighted by atomic mass is 10.1. The van der Waals surface area contributed by atoms with E-state index in [1.807, 2.05) is 32.3 Å². The highest BCUT2D eigenvalue weighted by atomic mass is 16.2. The maximum atomic E-state index is 12.0. The van der Waals surface area contributed by atoms with Gasteiger partial charge in [-0.1, -0.05) is 0 Å². The van der Waals surface area contributed by atoms with Gasteiger partial charge in [0.25, 0.3) is 0 Å².